The van der Waals surface area contributed by atoms with Crippen LogP contribution < -0.4 is 0 Å². The Labute approximate surface area is 221 Å². The third kappa shape index (κ3) is 7.21. The summed E-state index contributed by atoms with van der Waals surface area (Å²) in [4.78, 5) is 7.78. The van der Waals surface area contributed by atoms with Gasteiger partial charge < -0.3 is 4.90 Å². The summed E-state index contributed by atoms with van der Waals surface area (Å²) in [7, 11) is 2.26. The van der Waals surface area contributed by atoms with Gasteiger partial charge in [-0.05, 0) is 78.8 Å². The van der Waals surface area contributed by atoms with Gasteiger partial charge in [0.25, 0.3) is 0 Å². The highest BCUT2D eigenvalue weighted by molar-refractivity contribution is 5.25. The van der Waals surface area contributed by atoms with Gasteiger partial charge in [0.1, 0.15) is 0 Å². The minimum Gasteiger partial charge on any atom is -0.306 e. The summed E-state index contributed by atoms with van der Waals surface area (Å²) in [5.41, 5.74) is 5.83. The fraction of sp³-hybridized carbons (Fsp3) is 0.636. The number of rotatable bonds is 7. The largest absolute Gasteiger partial charge is 0.306 e. The van der Waals surface area contributed by atoms with Gasteiger partial charge in [-0.1, -0.05) is 83.1 Å². The van der Waals surface area contributed by atoms with Crippen LogP contribution in [-0.4, -0.2) is 60.5 Å². The van der Waals surface area contributed by atoms with Crippen LogP contribution >= 0.6 is 0 Å². The van der Waals surface area contributed by atoms with Crippen molar-refractivity contribution in [3.8, 4) is 0 Å². The predicted octanol–water partition coefficient (Wildman–Crippen LogP) is 6.99. The van der Waals surface area contributed by atoms with E-state index in [1.54, 1.807) is 0 Å². The SMILES string of the molecule is CC(C)c1ccc(CN2CC3CN(C)CC3C2)cc1.CCC1CCCN1Cc1ccc(C(C)C)cc1. The van der Waals surface area contributed by atoms with Crippen molar-refractivity contribution in [1.82, 2.24) is 14.7 Å². The smallest absolute Gasteiger partial charge is 0.0236 e. The summed E-state index contributed by atoms with van der Waals surface area (Å²) in [6.07, 6.45) is 4.06. The van der Waals surface area contributed by atoms with Crippen LogP contribution in [0.25, 0.3) is 0 Å². The molecule has 0 aromatic heterocycles. The number of fused-ring (bicyclic) bond motifs is 1. The molecule has 0 spiro atoms. The van der Waals surface area contributed by atoms with E-state index in [1.807, 2.05) is 0 Å². The van der Waals surface area contributed by atoms with E-state index in [0.717, 1.165) is 31.0 Å². The maximum atomic E-state index is 2.65. The van der Waals surface area contributed by atoms with Gasteiger partial charge in [-0.25, -0.2) is 0 Å². The molecule has 3 aliphatic rings. The maximum Gasteiger partial charge on any atom is 0.0236 e. The van der Waals surface area contributed by atoms with Gasteiger partial charge in [-0.3, -0.25) is 9.80 Å². The highest BCUT2D eigenvalue weighted by atomic mass is 15.2. The van der Waals surface area contributed by atoms with Crippen LogP contribution in [0.1, 0.15) is 88.0 Å². The van der Waals surface area contributed by atoms with Crippen molar-refractivity contribution in [2.24, 2.45) is 11.8 Å². The average molecular weight is 490 g/mol. The Hall–Kier alpha value is -1.68. The first-order valence-electron chi connectivity index (χ1n) is 14.6. The summed E-state index contributed by atoms with van der Waals surface area (Å²) in [5, 5.41) is 0. The van der Waals surface area contributed by atoms with Gasteiger partial charge in [-0.2, -0.15) is 0 Å². The van der Waals surface area contributed by atoms with Gasteiger partial charge in [-0.15, -0.1) is 0 Å². The highest BCUT2D eigenvalue weighted by Gasteiger charge is 2.38. The average Bonchev–Trinajstić information content (AvgIpc) is 3.54. The summed E-state index contributed by atoms with van der Waals surface area (Å²) < 4.78 is 0. The van der Waals surface area contributed by atoms with Crippen LogP contribution in [0.5, 0.6) is 0 Å². The third-order valence-corrected chi connectivity index (χ3v) is 8.80. The molecule has 198 valence electrons. The number of hydrogen-bond donors (Lipinski definition) is 0. The van der Waals surface area contributed by atoms with E-state index in [9.17, 15) is 0 Å². The second-order valence-electron chi connectivity index (χ2n) is 12.4. The van der Waals surface area contributed by atoms with Gasteiger partial charge in [0.05, 0.1) is 0 Å². The van der Waals surface area contributed by atoms with Crippen LogP contribution in [0.3, 0.4) is 0 Å². The molecular weight excluding hydrogens is 438 g/mol. The molecular formula is C33H51N3. The first-order chi connectivity index (χ1) is 17.3. The third-order valence-electron chi connectivity index (χ3n) is 8.80. The van der Waals surface area contributed by atoms with E-state index in [1.165, 1.54) is 74.2 Å². The monoisotopic (exact) mass is 489 g/mol. The van der Waals surface area contributed by atoms with Gasteiger partial charge >= 0.3 is 0 Å². The fourth-order valence-corrected chi connectivity index (χ4v) is 6.53. The molecule has 0 amide bonds. The molecule has 3 unspecified atom stereocenters. The molecule has 2 aromatic rings. The lowest BCUT2D eigenvalue weighted by Crippen LogP contribution is -2.28. The van der Waals surface area contributed by atoms with Crippen molar-refractivity contribution in [1.29, 1.82) is 0 Å². The van der Waals surface area contributed by atoms with Crippen molar-refractivity contribution in [2.75, 3.05) is 39.8 Å². The van der Waals surface area contributed by atoms with Crippen LogP contribution in [-0.2, 0) is 13.1 Å². The molecule has 0 aliphatic carbocycles. The number of hydrogen-bond acceptors (Lipinski definition) is 3. The Morgan fingerprint density at radius 1 is 0.722 bits per heavy atom. The Kier molecular flexibility index (Phi) is 9.66. The molecule has 3 heterocycles. The van der Waals surface area contributed by atoms with E-state index >= 15 is 0 Å². The van der Waals surface area contributed by atoms with Crippen molar-refractivity contribution in [3.05, 3.63) is 70.8 Å². The number of likely N-dealkylation sites (tertiary alicyclic amines) is 3. The molecule has 0 saturated carbocycles. The quantitative estimate of drug-likeness (QED) is 0.415. The van der Waals surface area contributed by atoms with E-state index in [-0.39, 0.29) is 0 Å². The van der Waals surface area contributed by atoms with Gasteiger partial charge in [0, 0.05) is 45.3 Å². The van der Waals surface area contributed by atoms with Gasteiger partial charge in [0.2, 0.25) is 0 Å². The van der Waals surface area contributed by atoms with E-state index in [0.29, 0.717) is 11.8 Å². The van der Waals surface area contributed by atoms with Crippen LogP contribution in [0.4, 0.5) is 0 Å². The number of benzene rings is 2. The molecule has 2 aromatic carbocycles. The molecule has 3 fully saturated rings. The predicted molar refractivity (Wildman–Crippen MR) is 155 cm³/mol. The molecule has 3 aliphatic heterocycles. The second kappa shape index (κ2) is 12.7. The van der Waals surface area contributed by atoms with Crippen molar-refractivity contribution >= 4 is 0 Å². The molecule has 0 bridgehead atoms. The maximum absolute atomic E-state index is 2.65. The zero-order valence-corrected chi connectivity index (χ0v) is 23.9. The lowest BCUT2D eigenvalue weighted by atomic mass is 10.0. The second-order valence-corrected chi connectivity index (χ2v) is 12.4. The summed E-state index contributed by atoms with van der Waals surface area (Å²) in [5.74, 6) is 3.11. The summed E-state index contributed by atoms with van der Waals surface area (Å²) >= 11 is 0. The standard InChI is InChI=1S/C17H26N2.C16H25N/c1-13(2)15-6-4-14(5-7-15)8-19-11-16-9-18(3)10-17(16)12-19;1-4-16-6-5-11-17(16)12-14-7-9-15(10-8-14)13(2)3/h4-7,13,16-17H,8-12H2,1-3H3;7-10,13,16H,4-6,11-12H2,1-3H3. The summed E-state index contributed by atoms with van der Waals surface area (Å²) in [6, 6.07) is 19.2. The first-order valence-corrected chi connectivity index (χ1v) is 14.6. The Balaban J connectivity index is 0.000000170. The Morgan fingerprint density at radius 2 is 1.22 bits per heavy atom. The topological polar surface area (TPSA) is 9.72 Å². The normalized spacial score (nSPS) is 24.9. The van der Waals surface area contributed by atoms with E-state index in [2.05, 4.69) is 105 Å². The minimum atomic E-state index is 0.635. The van der Waals surface area contributed by atoms with Crippen LogP contribution in [0, 0.1) is 11.8 Å². The molecule has 3 saturated heterocycles. The minimum absolute atomic E-state index is 0.635. The zero-order valence-electron chi connectivity index (χ0n) is 23.9. The van der Waals surface area contributed by atoms with Crippen molar-refractivity contribution in [3.63, 3.8) is 0 Å². The summed E-state index contributed by atoms with van der Waals surface area (Å²) in [6.45, 7) is 20.1. The van der Waals surface area contributed by atoms with E-state index < -0.39 is 0 Å². The Bertz CT molecular complexity index is 903. The molecule has 0 radical (unpaired) electrons. The molecule has 3 atom stereocenters. The fourth-order valence-electron chi connectivity index (χ4n) is 6.53. The van der Waals surface area contributed by atoms with Crippen LogP contribution in [0.15, 0.2) is 48.5 Å². The molecule has 0 N–H and O–H groups in total. The molecule has 36 heavy (non-hydrogen) atoms. The van der Waals surface area contributed by atoms with Gasteiger partial charge in [0.15, 0.2) is 0 Å². The lowest BCUT2D eigenvalue weighted by molar-refractivity contribution is 0.240. The van der Waals surface area contributed by atoms with Crippen molar-refractivity contribution < 1.29 is 0 Å². The Morgan fingerprint density at radius 3 is 1.69 bits per heavy atom. The first kappa shape index (κ1) is 27.4. The van der Waals surface area contributed by atoms with Crippen molar-refractivity contribution in [2.45, 2.75) is 84.8 Å². The molecule has 5 rings (SSSR count). The number of nitrogens with zero attached hydrogens (tertiary/aromatic N) is 3. The molecule has 3 heteroatoms. The zero-order chi connectivity index (χ0) is 25.7. The van der Waals surface area contributed by atoms with E-state index in [4.69, 9.17) is 0 Å². The molecule has 3 nitrogen and oxygen atoms in total. The van der Waals surface area contributed by atoms with Crippen LogP contribution in [0.2, 0.25) is 0 Å². The lowest BCUT2D eigenvalue weighted by Gasteiger charge is -2.23. The highest BCUT2D eigenvalue weighted by Crippen LogP contribution is 2.31.